The number of rotatable bonds is 48. The van der Waals surface area contributed by atoms with Crippen molar-refractivity contribution in [3.05, 3.63) is 48.6 Å². The lowest BCUT2D eigenvalue weighted by Gasteiger charge is -2.18. The Morgan fingerprint density at radius 2 is 0.629 bits per heavy atom. The molecule has 0 spiro atoms. The Morgan fingerprint density at radius 1 is 0.339 bits per heavy atom. The molecular weight excluding hydrogens is 769 g/mol. The van der Waals surface area contributed by atoms with E-state index in [0.717, 1.165) is 83.5 Å². The summed E-state index contributed by atoms with van der Waals surface area (Å²) in [5.41, 5.74) is 0. The second kappa shape index (κ2) is 51.0. The van der Waals surface area contributed by atoms with Gasteiger partial charge < -0.3 is 14.2 Å². The summed E-state index contributed by atoms with van der Waals surface area (Å²) in [6.07, 6.45) is 60.9. The first-order chi connectivity index (χ1) is 30.5. The van der Waals surface area contributed by atoms with E-state index < -0.39 is 6.10 Å². The molecule has 0 rings (SSSR count). The number of unbranched alkanes of at least 4 members (excludes halogenated alkanes) is 29. The van der Waals surface area contributed by atoms with Gasteiger partial charge in [-0.2, -0.15) is 0 Å². The highest BCUT2D eigenvalue weighted by Crippen LogP contribution is 2.16. The van der Waals surface area contributed by atoms with E-state index >= 15 is 0 Å². The molecule has 6 nitrogen and oxygen atoms in total. The van der Waals surface area contributed by atoms with Gasteiger partial charge in [-0.15, -0.1) is 0 Å². The zero-order valence-electron chi connectivity index (χ0n) is 41.1. The van der Waals surface area contributed by atoms with Crippen LogP contribution < -0.4 is 0 Å². The lowest BCUT2D eigenvalue weighted by molar-refractivity contribution is -0.167. The molecule has 0 amide bonds. The monoisotopic (exact) mass is 869 g/mol. The summed E-state index contributed by atoms with van der Waals surface area (Å²) in [6, 6.07) is 0. The molecule has 0 heterocycles. The number of hydrogen-bond acceptors (Lipinski definition) is 6. The number of ether oxygens (including phenoxy) is 3. The van der Waals surface area contributed by atoms with Gasteiger partial charge in [-0.05, 0) is 57.8 Å². The molecule has 0 saturated heterocycles. The number of carbonyl (C=O) groups excluding carboxylic acids is 3. The van der Waals surface area contributed by atoms with Crippen molar-refractivity contribution in [1.82, 2.24) is 0 Å². The van der Waals surface area contributed by atoms with Crippen LogP contribution in [0.4, 0.5) is 0 Å². The molecule has 0 bridgehead atoms. The van der Waals surface area contributed by atoms with E-state index in [4.69, 9.17) is 14.2 Å². The van der Waals surface area contributed by atoms with E-state index in [1.165, 1.54) is 148 Å². The quantitative estimate of drug-likeness (QED) is 0.0262. The third-order valence-electron chi connectivity index (χ3n) is 11.6. The van der Waals surface area contributed by atoms with Gasteiger partial charge in [-0.1, -0.05) is 243 Å². The molecular formula is C56H100O6. The van der Waals surface area contributed by atoms with Crippen LogP contribution in [-0.4, -0.2) is 37.2 Å². The van der Waals surface area contributed by atoms with E-state index in [1.807, 2.05) is 0 Å². The van der Waals surface area contributed by atoms with Crippen LogP contribution in [0.3, 0.4) is 0 Å². The number of esters is 3. The average Bonchev–Trinajstić information content (AvgIpc) is 3.27. The largest absolute Gasteiger partial charge is 0.462 e. The van der Waals surface area contributed by atoms with E-state index in [-0.39, 0.29) is 31.1 Å². The third kappa shape index (κ3) is 48.4. The number of allylic oxidation sites excluding steroid dienone is 8. The second-order valence-electron chi connectivity index (χ2n) is 17.8. The average molecular weight is 869 g/mol. The minimum Gasteiger partial charge on any atom is -0.462 e. The summed E-state index contributed by atoms with van der Waals surface area (Å²) in [5.74, 6) is -0.913. The molecule has 0 unspecified atom stereocenters. The highest BCUT2D eigenvalue weighted by atomic mass is 16.6. The van der Waals surface area contributed by atoms with Crippen molar-refractivity contribution in [3.8, 4) is 0 Å². The molecule has 0 aliphatic carbocycles. The highest BCUT2D eigenvalue weighted by Gasteiger charge is 2.19. The van der Waals surface area contributed by atoms with Crippen LogP contribution in [0.25, 0.3) is 0 Å². The lowest BCUT2D eigenvalue weighted by atomic mass is 10.0. The first-order valence-electron chi connectivity index (χ1n) is 26.6. The molecule has 1 atom stereocenters. The van der Waals surface area contributed by atoms with Crippen molar-refractivity contribution >= 4 is 17.9 Å². The molecule has 62 heavy (non-hydrogen) atoms. The molecule has 0 fully saturated rings. The molecule has 0 aliphatic heterocycles. The van der Waals surface area contributed by atoms with Crippen LogP contribution in [0.1, 0.15) is 271 Å². The van der Waals surface area contributed by atoms with Gasteiger partial charge >= 0.3 is 17.9 Å². The maximum absolute atomic E-state index is 12.8. The minimum atomic E-state index is -0.785. The number of hydrogen-bond donors (Lipinski definition) is 0. The minimum absolute atomic E-state index is 0.0822. The predicted molar refractivity (Wildman–Crippen MR) is 265 cm³/mol. The summed E-state index contributed by atoms with van der Waals surface area (Å²) in [5, 5.41) is 0. The van der Waals surface area contributed by atoms with E-state index in [2.05, 4.69) is 69.4 Å². The Labute approximate surface area is 384 Å². The molecule has 6 heteroatoms. The summed E-state index contributed by atoms with van der Waals surface area (Å²) in [7, 11) is 0. The SMILES string of the molecule is CC/C=C\C/C=C\C/C=C\C/C=C\CCCCC(=O)OC[C@H](COC(=O)CCCCCCCCCCCCCCCC)OC(=O)CCCCCCCCCCCCCCCCC. The van der Waals surface area contributed by atoms with Gasteiger partial charge in [0.1, 0.15) is 13.2 Å². The summed E-state index contributed by atoms with van der Waals surface area (Å²) in [4.78, 5) is 38.0. The van der Waals surface area contributed by atoms with Crippen molar-refractivity contribution in [3.63, 3.8) is 0 Å². The van der Waals surface area contributed by atoms with E-state index in [1.54, 1.807) is 0 Å². The molecule has 0 aliphatic rings. The smallest absolute Gasteiger partial charge is 0.306 e. The fourth-order valence-electron chi connectivity index (χ4n) is 7.61. The van der Waals surface area contributed by atoms with Gasteiger partial charge in [0.2, 0.25) is 0 Å². The fourth-order valence-corrected chi connectivity index (χ4v) is 7.61. The van der Waals surface area contributed by atoms with Crippen molar-refractivity contribution in [2.24, 2.45) is 0 Å². The van der Waals surface area contributed by atoms with Gasteiger partial charge in [0.05, 0.1) is 0 Å². The normalized spacial score (nSPS) is 12.4. The van der Waals surface area contributed by atoms with Crippen LogP contribution in [0, 0.1) is 0 Å². The predicted octanol–water partition coefficient (Wildman–Crippen LogP) is 17.5. The maximum Gasteiger partial charge on any atom is 0.306 e. The van der Waals surface area contributed by atoms with Gasteiger partial charge in [-0.25, -0.2) is 0 Å². The van der Waals surface area contributed by atoms with Crippen LogP contribution in [0.15, 0.2) is 48.6 Å². The third-order valence-corrected chi connectivity index (χ3v) is 11.6. The van der Waals surface area contributed by atoms with Gasteiger partial charge in [0.15, 0.2) is 6.10 Å². The Balaban J connectivity index is 4.41. The van der Waals surface area contributed by atoms with Crippen molar-refractivity contribution < 1.29 is 28.6 Å². The highest BCUT2D eigenvalue weighted by molar-refractivity contribution is 5.71. The number of carbonyl (C=O) groups is 3. The van der Waals surface area contributed by atoms with E-state index in [0.29, 0.717) is 19.3 Å². The first-order valence-corrected chi connectivity index (χ1v) is 26.6. The summed E-state index contributed by atoms with van der Waals surface area (Å²) < 4.78 is 16.8. The summed E-state index contributed by atoms with van der Waals surface area (Å²) in [6.45, 7) is 6.51. The molecule has 0 radical (unpaired) electrons. The Hall–Kier alpha value is -2.63. The van der Waals surface area contributed by atoms with Crippen molar-refractivity contribution in [1.29, 1.82) is 0 Å². The Kier molecular flexibility index (Phi) is 48.8. The van der Waals surface area contributed by atoms with E-state index in [9.17, 15) is 14.4 Å². The molecule has 0 aromatic rings. The van der Waals surface area contributed by atoms with Crippen molar-refractivity contribution in [2.75, 3.05) is 13.2 Å². The maximum atomic E-state index is 12.8. The van der Waals surface area contributed by atoms with Gasteiger partial charge in [0, 0.05) is 19.3 Å². The topological polar surface area (TPSA) is 78.9 Å². The molecule has 0 aromatic heterocycles. The summed E-state index contributed by atoms with van der Waals surface area (Å²) >= 11 is 0. The molecule has 0 aromatic carbocycles. The Morgan fingerprint density at radius 3 is 0.984 bits per heavy atom. The molecule has 360 valence electrons. The van der Waals surface area contributed by atoms with Crippen LogP contribution in [0.2, 0.25) is 0 Å². The standard InChI is InChI=1S/C56H100O6/c1-4-7-10-13-16-19-22-25-28-31-34-37-40-43-46-49-55(58)61-52-53(51-60-54(57)48-45-42-39-36-33-30-27-24-21-18-15-12-9-6-3)62-56(59)50-47-44-41-38-35-32-29-26-23-20-17-14-11-8-5-2/h7,10,16,19,25,28,34,37,53H,4-6,8-9,11-15,17-18,20-24,26-27,29-33,35-36,38-52H2,1-3H3/b10-7-,19-16-,28-25-,37-34-/t53-/m0/s1. The Bertz CT molecular complexity index is 1090. The molecule has 0 N–H and O–H groups in total. The van der Waals surface area contributed by atoms with Crippen molar-refractivity contribution in [2.45, 2.75) is 277 Å². The lowest BCUT2D eigenvalue weighted by Crippen LogP contribution is -2.30. The van der Waals surface area contributed by atoms with Gasteiger partial charge in [-0.3, -0.25) is 14.4 Å². The first kappa shape index (κ1) is 59.4. The van der Waals surface area contributed by atoms with Gasteiger partial charge in [0.25, 0.3) is 0 Å². The fraction of sp³-hybridized carbons (Fsp3) is 0.804. The second-order valence-corrected chi connectivity index (χ2v) is 17.8. The zero-order valence-corrected chi connectivity index (χ0v) is 41.1. The molecule has 0 saturated carbocycles. The van der Waals surface area contributed by atoms with Crippen LogP contribution >= 0.6 is 0 Å². The zero-order chi connectivity index (χ0) is 45.1. The van der Waals surface area contributed by atoms with Crippen LogP contribution in [0.5, 0.6) is 0 Å². The van der Waals surface area contributed by atoms with Crippen LogP contribution in [-0.2, 0) is 28.6 Å².